The number of nitrogens with zero attached hydrogens (tertiary/aromatic N) is 3. The maximum Gasteiger partial charge on any atom is 0.331 e. The Balaban J connectivity index is 1.80. The van der Waals surface area contributed by atoms with Gasteiger partial charge in [0, 0.05) is 11.6 Å². The Kier molecular flexibility index (Phi) is 5.82. The fourth-order valence-electron chi connectivity index (χ4n) is 2.70. The van der Waals surface area contributed by atoms with E-state index in [2.05, 4.69) is 4.98 Å². The van der Waals surface area contributed by atoms with Crippen LogP contribution in [0, 0.1) is 11.3 Å². The molecule has 0 aliphatic heterocycles. The molecule has 3 aromatic rings. The average Bonchev–Trinajstić information content (AvgIpc) is 2.73. The molecule has 7 heteroatoms. The maximum atomic E-state index is 12.6. The lowest BCUT2D eigenvalue weighted by Crippen LogP contribution is -2.26. The van der Waals surface area contributed by atoms with Crippen LogP contribution in [0.5, 0.6) is 5.75 Å². The van der Waals surface area contributed by atoms with Crippen molar-refractivity contribution in [3.8, 4) is 11.8 Å². The Morgan fingerprint density at radius 2 is 1.96 bits per heavy atom. The molecule has 0 radical (unpaired) electrons. The third-order valence-corrected chi connectivity index (χ3v) is 4.05. The number of para-hydroxylation sites is 2. The molecule has 28 heavy (non-hydrogen) atoms. The van der Waals surface area contributed by atoms with Gasteiger partial charge in [0.2, 0.25) is 0 Å². The van der Waals surface area contributed by atoms with E-state index in [1.165, 1.54) is 10.6 Å². The second-order valence-electron chi connectivity index (χ2n) is 5.78. The number of carbonyl (C=O) groups is 1. The first-order chi connectivity index (χ1) is 13.6. The number of hydrogen-bond donors (Lipinski definition) is 0. The highest BCUT2D eigenvalue weighted by Crippen LogP contribution is 2.18. The molecule has 0 atom stereocenters. The molecule has 0 N–H and O–H groups in total. The number of methoxy groups -OCH3 is 1. The molecular weight excluding hydrogens is 358 g/mol. The van der Waals surface area contributed by atoms with Crippen molar-refractivity contribution in [2.24, 2.45) is 0 Å². The molecule has 0 unspecified atom stereocenters. The minimum Gasteiger partial charge on any atom is -0.496 e. The number of ether oxygens (including phenoxy) is 2. The van der Waals surface area contributed by atoms with Gasteiger partial charge in [0.15, 0.2) is 5.82 Å². The zero-order valence-corrected chi connectivity index (χ0v) is 15.2. The monoisotopic (exact) mass is 375 g/mol. The van der Waals surface area contributed by atoms with E-state index in [0.29, 0.717) is 16.7 Å². The van der Waals surface area contributed by atoms with Crippen LogP contribution in [0.25, 0.3) is 17.0 Å². The van der Waals surface area contributed by atoms with Crippen LogP contribution in [0.4, 0.5) is 0 Å². The fraction of sp³-hybridized carbons (Fsp3) is 0.143. The van der Waals surface area contributed by atoms with Crippen LogP contribution in [0.2, 0.25) is 0 Å². The molecule has 0 aliphatic carbocycles. The van der Waals surface area contributed by atoms with Gasteiger partial charge in [-0.1, -0.05) is 30.3 Å². The minimum absolute atomic E-state index is 0.180. The van der Waals surface area contributed by atoms with Crippen molar-refractivity contribution in [2.75, 3.05) is 7.11 Å². The number of esters is 1. The van der Waals surface area contributed by atoms with Crippen LogP contribution in [-0.4, -0.2) is 22.6 Å². The highest BCUT2D eigenvalue weighted by molar-refractivity contribution is 5.87. The van der Waals surface area contributed by atoms with Gasteiger partial charge in [0.25, 0.3) is 5.56 Å². The topological polar surface area (TPSA) is 94.2 Å². The number of fused-ring (bicyclic) bond motifs is 1. The highest BCUT2D eigenvalue weighted by Gasteiger charge is 2.12. The minimum atomic E-state index is -0.600. The number of benzene rings is 2. The van der Waals surface area contributed by atoms with Crippen molar-refractivity contribution in [1.29, 1.82) is 5.26 Å². The van der Waals surface area contributed by atoms with Crippen LogP contribution in [0.15, 0.2) is 59.4 Å². The second-order valence-corrected chi connectivity index (χ2v) is 5.78. The number of rotatable bonds is 6. The lowest BCUT2D eigenvalue weighted by molar-refractivity contribution is -0.139. The molecule has 0 spiro atoms. The van der Waals surface area contributed by atoms with Gasteiger partial charge in [-0.15, -0.1) is 0 Å². The third-order valence-electron chi connectivity index (χ3n) is 4.05. The summed E-state index contributed by atoms with van der Waals surface area (Å²) in [5.74, 6) is 0.242. The van der Waals surface area contributed by atoms with E-state index in [4.69, 9.17) is 14.7 Å². The molecule has 0 aliphatic rings. The van der Waals surface area contributed by atoms with Crippen molar-refractivity contribution >= 4 is 22.9 Å². The molecule has 0 fully saturated rings. The molecule has 3 rings (SSSR count). The van der Waals surface area contributed by atoms with Crippen LogP contribution >= 0.6 is 0 Å². The van der Waals surface area contributed by atoms with E-state index in [9.17, 15) is 9.59 Å². The summed E-state index contributed by atoms with van der Waals surface area (Å²) in [4.78, 5) is 29.0. The Labute approximate surface area is 161 Å². The van der Waals surface area contributed by atoms with Crippen molar-refractivity contribution in [3.05, 3.63) is 76.3 Å². The van der Waals surface area contributed by atoms with Crippen molar-refractivity contribution in [1.82, 2.24) is 9.55 Å². The van der Waals surface area contributed by atoms with Gasteiger partial charge >= 0.3 is 5.97 Å². The van der Waals surface area contributed by atoms with Gasteiger partial charge in [-0.2, -0.15) is 5.26 Å². The summed E-state index contributed by atoms with van der Waals surface area (Å²) in [6, 6.07) is 16.0. The Bertz CT molecular complexity index is 1140. The van der Waals surface area contributed by atoms with E-state index in [-0.39, 0.29) is 24.5 Å². The van der Waals surface area contributed by atoms with Gasteiger partial charge in [0.05, 0.1) is 24.1 Å². The molecule has 7 nitrogen and oxygen atoms in total. The van der Waals surface area contributed by atoms with Crippen LogP contribution < -0.4 is 10.3 Å². The second kappa shape index (κ2) is 8.64. The molecule has 140 valence electrons. The first kappa shape index (κ1) is 18.9. The summed E-state index contributed by atoms with van der Waals surface area (Å²) in [6.45, 7) is -0.405. The molecule has 0 saturated heterocycles. The van der Waals surface area contributed by atoms with Gasteiger partial charge < -0.3 is 9.47 Å². The summed E-state index contributed by atoms with van der Waals surface area (Å²) < 4.78 is 11.6. The zero-order valence-electron chi connectivity index (χ0n) is 15.2. The highest BCUT2D eigenvalue weighted by atomic mass is 16.5. The van der Waals surface area contributed by atoms with Crippen molar-refractivity contribution in [3.63, 3.8) is 0 Å². The Hall–Kier alpha value is -3.92. The van der Waals surface area contributed by atoms with E-state index in [0.717, 1.165) is 5.56 Å². The predicted molar refractivity (Wildman–Crippen MR) is 103 cm³/mol. The fourth-order valence-corrected chi connectivity index (χ4v) is 2.70. The first-order valence-corrected chi connectivity index (χ1v) is 8.47. The van der Waals surface area contributed by atoms with E-state index in [1.54, 1.807) is 49.6 Å². The molecule has 2 aromatic carbocycles. The normalized spacial score (nSPS) is 10.7. The van der Waals surface area contributed by atoms with Gasteiger partial charge in [-0.25, -0.2) is 9.78 Å². The molecule has 0 saturated carbocycles. The SMILES string of the molecule is COc1ccccc1/C=C/C(=O)OCc1nc2ccccc2c(=O)n1CC#N. The predicted octanol–water partition coefficient (Wildman–Crippen LogP) is 2.69. The van der Waals surface area contributed by atoms with Crippen LogP contribution in [-0.2, 0) is 22.7 Å². The summed E-state index contributed by atoms with van der Waals surface area (Å²) in [6.07, 6.45) is 2.85. The summed E-state index contributed by atoms with van der Waals surface area (Å²) in [5.41, 5.74) is 0.868. The molecule has 0 amide bonds. The third kappa shape index (κ3) is 4.07. The molecule has 0 bridgehead atoms. The van der Waals surface area contributed by atoms with E-state index >= 15 is 0 Å². The van der Waals surface area contributed by atoms with Gasteiger partial charge in [-0.05, 0) is 24.3 Å². The maximum absolute atomic E-state index is 12.6. The summed E-state index contributed by atoms with van der Waals surface area (Å²) >= 11 is 0. The average molecular weight is 375 g/mol. The lowest BCUT2D eigenvalue weighted by atomic mass is 10.2. The molecular formula is C21H17N3O4. The quantitative estimate of drug-likeness (QED) is 0.486. The Morgan fingerprint density at radius 1 is 1.21 bits per heavy atom. The summed E-state index contributed by atoms with van der Waals surface area (Å²) in [7, 11) is 1.55. The van der Waals surface area contributed by atoms with Crippen molar-refractivity contribution < 1.29 is 14.3 Å². The van der Waals surface area contributed by atoms with E-state index < -0.39 is 5.97 Å². The number of aromatic nitrogens is 2. The standard InChI is InChI=1S/C21H17N3O4/c1-27-18-9-5-2-6-15(18)10-11-20(25)28-14-19-23-17-8-4-3-7-16(17)21(26)24(19)13-12-22/h2-11H,13-14H2,1H3/b11-10+. The molecule has 1 heterocycles. The summed E-state index contributed by atoms with van der Waals surface area (Å²) in [5, 5.41) is 9.42. The number of nitriles is 1. The number of hydrogen-bond acceptors (Lipinski definition) is 6. The van der Waals surface area contributed by atoms with Gasteiger partial charge in [0.1, 0.15) is 18.9 Å². The van der Waals surface area contributed by atoms with E-state index in [1.807, 2.05) is 18.2 Å². The van der Waals surface area contributed by atoms with Gasteiger partial charge in [-0.3, -0.25) is 9.36 Å². The van der Waals surface area contributed by atoms with Crippen LogP contribution in [0.3, 0.4) is 0 Å². The molecule has 1 aromatic heterocycles. The Morgan fingerprint density at radius 3 is 2.75 bits per heavy atom. The first-order valence-electron chi connectivity index (χ1n) is 8.47. The zero-order chi connectivity index (χ0) is 19.9. The smallest absolute Gasteiger partial charge is 0.331 e. The largest absolute Gasteiger partial charge is 0.496 e. The lowest BCUT2D eigenvalue weighted by Gasteiger charge is -2.10. The van der Waals surface area contributed by atoms with Crippen LogP contribution in [0.1, 0.15) is 11.4 Å². The number of carbonyl (C=O) groups excluding carboxylic acids is 1. The van der Waals surface area contributed by atoms with Crippen molar-refractivity contribution in [2.45, 2.75) is 13.2 Å².